The van der Waals surface area contributed by atoms with E-state index in [0.717, 1.165) is 24.8 Å². The molecule has 2 fully saturated rings. The number of methoxy groups -OCH3 is 2. The van der Waals surface area contributed by atoms with Crippen molar-refractivity contribution in [3.8, 4) is 11.5 Å². The second-order valence-corrected chi connectivity index (χ2v) is 8.23. The molecule has 29 heavy (non-hydrogen) atoms. The van der Waals surface area contributed by atoms with Crippen molar-refractivity contribution in [1.82, 2.24) is 10.2 Å². The van der Waals surface area contributed by atoms with E-state index in [2.05, 4.69) is 5.32 Å². The molecule has 1 unspecified atom stereocenters. The maximum Gasteiger partial charge on any atom is 0.225 e. The minimum absolute atomic E-state index is 0.0533. The Hall–Kier alpha value is -2.24. The van der Waals surface area contributed by atoms with Crippen molar-refractivity contribution in [1.29, 1.82) is 0 Å². The van der Waals surface area contributed by atoms with Gasteiger partial charge in [0, 0.05) is 25.6 Å². The largest absolute Gasteiger partial charge is 0.493 e. The lowest BCUT2D eigenvalue weighted by atomic mass is 9.96. The molecule has 1 heterocycles. The number of hydrogen-bond acceptors (Lipinski definition) is 4. The average Bonchev–Trinajstić information content (AvgIpc) is 3.08. The lowest BCUT2D eigenvalue weighted by molar-refractivity contribution is -0.129. The average molecular weight is 403 g/mol. The molecule has 1 saturated carbocycles. The first-order chi connectivity index (χ1) is 14.1. The van der Waals surface area contributed by atoms with E-state index in [9.17, 15) is 9.59 Å². The summed E-state index contributed by atoms with van der Waals surface area (Å²) in [6, 6.07) is 6.09. The quantitative estimate of drug-likeness (QED) is 0.760. The summed E-state index contributed by atoms with van der Waals surface area (Å²) < 4.78 is 10.6. The highest BCUT2D eigenvalue weighted by molar-refractivity contribution is 5.89. The Morgan fingerprint density at radius 1 is 1.07 bits per heavy atom. The highest BCUT2D eigenvalue weighted by Crippen LogP contribution is 2.28. The predicted molar refractivity (Wildman–Crippen MR) is 112 cm³/mol. The van der Waals surface area contributed by atoms with Gasteiger partial charge >= 0.3 is 0 Å². The fourth-order valence-electron chi connectivity index (χ4n) is 4.38. The highest BCUT2D eigenvalue weighted by Gasteiger charge is 2.34. The van der Waals surface area contributed by atoms with Crippen LogP contribution in [0.4, 0.5) is 0 Å². The Kier molecular flexibility index (Phi) is 7.78. The molecule has 160 valence electrons. The van der Waals surface area contributed by atoms with Gasteiger partial charge in [-0.05, 0) is 37.0 Å². The van der Waals surface area contributed by atoms with Crippen LogP contribution in [-0.2, 0) is 16.0 Å². The smallest absolute Gasteiger partial charge is 0.225 e. The molecule has 3 rings (SSSR count). The summed E-state index contributed by atoms with van der Waals surface area (Å²) in [4.78, 5) is 27.0. The summed E-state index contributed by atoms with van der Waals surface area (Å²) in [5.74, 6) is 1.29. The SMILES string of the molecule is COc1ccc(CCN2CC(C(=O)NC3CCCCCCC3)CC2=O)cc1OC. The van der Waals surface area contributed by atoms with Crippen LogP contribution in [0.15, 0.2) is 18.2 Å². The normalized spacial score (nSPS) is 20.8. The molecule has 1 aliphatic carbocycles. The maximum absolute atomic E-state index is 12.7. The zero-order chi connectivity index (χ0) is 20.6. The van der Waals surface area contributed by atoms with Crippen LogP contribution in [0.1, 0.15) is 56.9 Å². The number of nitrogens with zero attached hydrogens (tertiary/aromatic N) is 1. The molecule has 2 amide bonds. The van der Waals surface area contributed by atoms with Gasteiger partial charge in [-0.1, -0.05) is 38.2 Å². The predicted octanol–water partition coefficient (Wildman–Crippen LogP) is 3.32. The van der Waals surface area contributed by atoms with Crippen LogP contribution in [0.2, 0.25) is 0 Å². The van der Waals surface area contributed by atoms with Crippen LogP contribution < -0.4 is 14.8 Å². The first kappa shape index (κ1) is 21.5. The monoisotopic (exact) mass is 402 g/mol. The van der Waals surface area contributed by atoms with Crippen molar-refractivity contribution in [2.45, 2.75) is 63.8 Å². The molecule has 0 bridgehead atoms. The highest BCUT2D eigenvalue weighted by atomic mass is 16.5. The van der Waals surface area contributed by atoms with Gasteiger partial charge in [0.2, 0.25) is 11.8 Å². The number of hydrogen-bond donors (Lipinski definition) is 1. The third-order valence-corrected chi connectivity index (χ3v) is 6.16. The number of amides is 2. The standard InChI is InChI=1S/C23H34N2O4/c1-28-20-11-10-17(14-21(20)29-2)12-13-25-16-18(15-22(25)26)23(27)24-19-8-6-4-3-5-7-9-19/h10-11,14,18-19H,3-9,12-13,15-16H2,1-2H3,(H,24,27). The topological polar surface area (TPSA) is 67.9 Å². The van der Waals surface area contributed by atoms with Crippen LogP contribution in [0.25, 0.3) is 0 Å². The van der Waals surface area contributed by atoms with Crippen molar-refractivity contribution >= 4 is 11.8 Å². The number of nitrogens with one attached hydrogen (secondary N) is 1. The number of carbonyl (C=O) groups is 2. The van der Waals surface area contributed by atoms with E-state index in [4.69, 9.17) is 9.47 Å². The van der Waals surface area contributed by atoms with Crippen molar-refractivity contribution < 1.29 is 19.1 Å². The molecule has 6 nitrogen and oxygen atoms in total. The molecule has 1 aromatic rings. The van der Waals surface area contributed by atoms with Crippen LogP contribution in [-0.4, -0.2) is 50.1 Å². The minimum Gasteiger partial charge on any atom is -0.493 e. The van der Waals surface area contributed by atoms with E-state index < -0.39 is 0 Å². The van der Waals surface area contributed by atoms with Gasteiger partial charge in [-0.25, -0.2) is 0 Å². The van der Waals surface area contributed by atoms with Gasteiger partial charge in [-0.2, -0.15) is 0 Å². The Balaban J connectivity index is 1.50. The molecule has 6 heteroatoms. The molecule has 1 saturated heterocycles. The van der Waals surface area contributed by atoms with Crippen LogP contribution in [0, 0.1) is 5.92 Å². The van der Waals surface area contributed by atoms with E-state index in [1.807, 2.05) is 23.1 Å². The number of ether oxygens (including phenoxy) is 2. The van der Waals surface area contributed by atoms with E-state index in [1.165, 1.54) is 32.1 Å². The molecule has 0 radical (unpaired) electrons. The van der Waals surface area contributed by atoms with E-state index >= 15 is 0 Å². The molecule has 1 aliphatic heterocycles. The van der Waals surface area contributed by atoms with E-state index in [1.54, 1.807) is 14.2 Å². The summed E-state index contributed by atoms with van der Waals surface area (Å²) >= 11 is 0. The van der Waals surface area contributed by atoms with Crippen LogP contribution in [0.3, 0.4) is 0 Å². The number of carbonyl (C=O) groups excluding carboxylic acids is 2. The summed E-state index contributed by atoms with van der Waals surface area (Å²) in [6.45, 7) is 1.13. The fraction of sp³-hybridized carbons (Fsp3) is 0.652. The lowest BCUT2D eigenvalue weighted by Crippen LogP contribution is -2.40. The van der Waals surface area contributed by atoms with Gasteiger partial charge in [0.25, 0.3) is 0 Å². The Morgan fingerprint density at radius 3 is 2.45 bits per heavy atom. The van der Waals surface area contributed by atoms with E-state index in [-0.39, 0.29) is 23.8 Å². The minimum atomic E-state index is -0.224. The third kappa shape index (κ3) is 5.87. The molecular weight excluding hydrogens is 368 g/mol. The van der Waals surface area contributed by atoms with Gasteiger partial charge in [0.15, 0.2) is 11.5 Å². The Labute approximate surface area is 173 Å². The number of benzene rings is 1. The van der Waals surface area contributed by atoms with Crippen molar-refractivity contribution in [3.05, 3.63) is 23.8 Å². The summed E-state index contributed by atoms with van der Waals surface area (Å²) in [5.41, 5.74) is 1.08. The number of rotatable bonds is 7. The first-order valence-electron chi connectivity index (χ1n) is 10.9. The van der Waals surface area contributed by atoms with Crippen LogP contribution >= 0.6 is 0 Å². The number of likely N-dealkylation sites (tertiary alicyclic amines) is 1. The molecule has 1 atom stereocenters. The summed E-state index contributed by atoms with van der Waals surface area (Å²) in [7, 11) is 3.23. The third-order valence-electron chi connectivity index (χ3n) is 6.16. The lowest BCUT2D eigenvalue weighted by Gasteiger charge is -2.23. The second kappa shape index (κ2) is 10.5. The van der Waals surface area contributed by atoms with Gasteiger partial charge in [0.05, 0.1) is 20.1 Å². The maximum atomic E-state index is 12.7. The summed E-state index contributed by atoms with van der Waals surface area (Å²) in [6.07, 6.45) is 9.39. The molecule has 0 aromatic heterocycles. The Morgan fingerprint density at radius 2 is 1.76 bits per heavy atom. The molecule has 2 aliphatic rings. The molecule has 0 spiro atoms. The van der Waals surface area contributed by atoms with Gasteiger partial charge in [-0.15, -0.1) is 0 Å². The van der Waals surface area contributed by atoms with Crippen molar-refractivity contribution in [2.24, 2.45) is 5.92 Å². The fourth-order valence-corrected chi connectivity index (χ4v) is 4.38. The van der Waals surface area contributed by atoms with Gasteiger partial charge < -0.3 is 19.7 Å². The van der Waals surface area contributed by atoms with Crippen molar-refractivity contribution in [2.75, 3.05) is 27.3 Å². The molecular formula is C23H34N2O4. The summed E-state index contributed by atoms with van der Waals surface area (Å²) in [5, 5.41) is 3.22. The zero-order valence-corrected chi connectivity index (χ0v) is 17.7. The zero-order valence-electron chi connectivity index (χ0n) is 17.7. The van der Waals surface area contributed by atoms with E-state index in [0.29, 0.717) is 31.0 Å². The van der Waals surface area contributed by atoms with Crippen molar-refractivity contribution in [3.63, 3.8) is 0 Å². The molecule has 1 aromatic carbocycles. The first-order valence-corrected chi connectivity index (χ1v) is 10.9. The molecule has 1 N–H and O–H groups in total. The second-order valence-electron chi connectivity index (χ2n) is 8.23. The Bertz CT molecular complexity index is 698. The van der Waals surface area contributed by atoms with Gasteiger partial charge in [0.1, 0.15) is 0 Å². The van der Waals surface area contributed by atoms with Crippen LogP contribution in [0.5, 0.6) is 11.5 Å². The van der Waals surface area contributed by atoms with Gasteiger partial charge in [-0.3, -0.25) is 9.59 Å².